The van der Waals surface area contributed by atoms with E-state index in [0.717, 1.165) is 18.4 Å². The molecular weight excluding hydrogens is 452 g/mol. The number of allylic oxidation sites excluding steroid dienone is 11. The van der Waals surface area contributed by atoms with E-state index in [-0.39, 0.29) is 11.4 Å². The highest BCUT2D eigenvalue weighted by Gasteiger charge is 2.26. The summed E-state index contributed by atoms with van der Waals surface area (Å²) in [5.41, 5.74) is 5.63. The summed E-state index contributed by atoms with van der Waals surface area (Å²) in [6.45, 7) is 13.8. The molecule has 0 radical (unpaired) electrons. The van der Waals surface area contributed by atoms with Crippen LogP contribution in [0.15, 0.2) is 70.9 Å². The molecule has 1 rings (SSSR count). The summed E-state index contributed by atoms with van der Waals surface area (Å²) in [6, 6.07) is 0. The summed E-state index contributed by atoms with van der Waals surface area (Å²) in [7, 11) is 0. The molecule has 0 saturated heterocycles. The van der Waals surface area contributed by atoms with E-state index in [4.69, 9.17) is 4.74 Å². The highest BCUT2D eigenvalue weighted by molar-refractivity contribution is 5.69. The standard InChI is InChI=1S/C35H56O2/c1-7-8-9-10-11-12-13-14-15-16-17-18-24-34(36)37-29-27-31(3)22-19-21-30(2)25-26-33-32(4)23-20-28-35(33,5)6/h11-12,19,21-22,25-27H,7-10,13-18,20,23-24,28-29H2,1-6H3/b12-11-,22-19+,26-25+,30-21+,31-27+. The largest absolute Gasteiger partial charge is 0.461 e. The lowest BCUT2D eigenvalue weighted by Crippen LogP contribution is -2.19. The molecule has 2 nitrogen and oxygen atoms in total. The van der Waals surface area contributed by atoms with Crippen LogP contribution in [0.5, 0.6) is 0 Å². The highest BCUT2D eigenvalue weighted by atomic mass is 16.5. The summed E-state index contributed by atoms with van der Waals surface area (Å²) < 4.78 is 5.39. The Labute approximate surface area is 229 Å². The maximum atomic E-state index is 12.0. The molecule has 0 saturated carbocycles. The van der Waals surface area contributed by atoms with E-state index in [9.17, 15) is 4.79 Å². The maximum Gasteiger partial charge on any atom is 0.306 e. The fourth-order valence-corrected chi connectivity index (χ4v) is 4.85. The van der Waals surface area contributed by atoms with Crippen molar-refractivity contribution in [1.82, 2.24) is 0 Å². The number of carbonyl (C=O) groups is 1. The van der Waals surface area contributed by atoms with Gasteiger partial charge in [-0.3, -0.25) is 4.79 Å². The molecule has 1 aliphatic carbocycles. The van der Waals surface area contributed by atoms with E-state index >= 15 is 0 Å². The van der Waals surface area contributed by atoms with Crippen molar-refractivity contribution >= 4 is 5.97 Å². The molecule has 2 heteroatoms. The van der Waals surface area contributed by atoms with Crippen molar-refractivity contribution in [3.63, 3.8) is 0 Å². The van der Waals surface area contributed by atoms with Gasteiger partial charge >= 0.3 is 5.97 Å². The monoisotopic (exact) mass is 508 g/mol. The van der Waals surface area contributed by atoms with Crippen LogP contribution in [0.4, 0.5) is 0 Å². The van der Waals surface area contributed by atoms with Crippen LogP contribution in [0.3, 0.4) is 0 Å². The molecule has 0 bridgehead atoms. The third-order valence-corrected chi connectivity index (χ3v) is 7.32. The Bertz CT molecular complexity index is 829. The van der Waals surface area contributed by atoms with Gasteiger partial charge < -0.3 is 4.74 Å². The van der Waals surface area contributed by atoms with E-state index < -0.39 is 0 Å². The van der Waals surface area contributed by atoms with Gasteiger partial charge in [-0.05, 0) is 89.2 Å². The molecule has 0 aromatic rings. The second kappa shape index (κ2) is 19.9. The van der Waals surface area contributed by atoms with Crippen LogP contribution in [0.2, 0.25) is 0 Å². The minimum absolute atomic E-state index is 0.0841. The molecule has 0 atom stereocenters. The van der Waals surface area contributed by atoms with Crippen LogP contribution < -0.4 is 0 Å². The van der Waals surface area contributed by atoms with Gasteiger partial charge in [0.1, 0.15) is 6.61 Å². The lowest BCUT2D eigenvalue weighted by molar-refractivity contribution is -0.142. The second-order valence-electron chi connectivity index (χ2n) is 11.4. The lowest BCUT2D eigenvalue weighted by Gasteiger charge is -2.32. The maximum absolute atomic E-state index is 12.0. The summed E-state index contributed by atoms with van der Waals surface area (Å²) in [4.78, 5) is 12.0. The van der Waals surface area contributed by atoms with E-state index in [2.05, 4.69) is 77.2 Å². The number of hydrogen-bond acceptors (Lipinski definition) is 2. The molecule has 0 unspecified atom stereocenters. The first kappa shape index (κ1) is 32.9. The molecular formula is C35H56O2. The topological polar surface area (TPSA) is 26.3 Å². The third kappa shape index (κ3) is 16.4. The molecule has 0 N–H and O–H groups in total. The van der Waals surface area contributed by atoms with Crippen LogP contribution in [0, 0.1) is 5.41 Å². The van der Waals surface area contributed by atoms with Gasteiger partial charge in [0, 0.05) is 6.42 Å². The van der Waals surface area contributed by atoms with Gasteiger partial charge in [0.15, 0.2) is 0 Å². The van der Waals surface area contributed by atoms with Crippen molar-refractivity contribution in [2.75, 3.05) is 6.61 Å². The first-order chi connectivity index (χ1) is 17.8. The van der Waals surface area contributed by atoms with Crippen molar-refractivity contribution in [2.45, 2.75) is 131 Å². The lowest BCUT2D eigenvalue weighted by atomic mass is 9.72. The molecule has 1 aliphatic rings. The Morgan fingerprint density at radius 3 is 2.30 bits per heavy atom. The Kier molecular flexibility index (Phi) is 17.8. The summed E-state index contributed by atoms with van der Waals surface area (Å²) in [5.74, 6) is -0.0841. The normalized spacial score (nSPS) is 17.0. The summed E-state index contributed by atoms with van der Waals surface area (Å²) in [5, 5.41) is 0. The van der Waals surface area contributed by atoms with Crippen LogP contribution in [0.25, 0.3) is 0 Å². The van der Waals surface area contributed by atoms with Crippen molar-refractivity contribution in [2.24, 2.45) is 5.41 Å². The summed E-state index contributed by atoms with van der Waals surface area (Å²) >= 11 is 0. The fraction of sp³-hybridized carbons (Fsp3) is 0.629. The van der Waals surface area contributed by atoms with Gasteiger partial charge in [0.05, 0.1) is 0 Å². The Morgan fingerprint density at radius 2 is 1.59 bits per heavy atom. The van der Waals surface area contributed by atoms with Gasteiger partial charge in [-0.2, -0.15) is 0 Å². The SMILES string of the molecule is CCCCC/C=C\CCCCCCCC(=O)OC/C=C(C)/C=C/C=C(C)/C=C/C1=C(C)CCCC1(C)C. The van der Waals surface area contributed by atoms with Crippen LogP contribution in [-0.4, -0.2) is 12.6 Å². The first-order valence-corrected chi connectivity index (χ1v) is 15.0. The molecule has 0 aliphatic heterocycles. The molecule has 0 aromatic carbocycles. The van der Waals surface area contributed by atoms with E-state index in [1.165, 1.54) is 87.3 Å². The van der Waals surface area contributed by atoms with Crippen molar-refractivity contribution in [3.8, 4) is 0 Å². The van der Waals surface area contributed by atoms with Crippen LogP contribution in [0.1, 0.15) is 131 Å². The zero-order chi connectivity index (χ0) is 27.4. The Hall–Kier alpha value is -2.09. The smallest absolute Gasteiger partial charge is 0.306 e. The zero-order valence-electron chi connectivity index (χ0n) is 25.0. The highest BCUT2D eigenvalue weighted by Crippen LogP contribution is 2.40. The Balaban J connectivity index is 2.19. The average Bonchev–Trinajstić information content (AvgIpc) is 2.84. The number of carbonyl (C=O) groups excluding carboxylic acids is 1. The van der Waals surface area contributed by atoms with Crippen molar-refractivity contribution in [1.29, 1.82) is 0 Å². The average molecular weight is 509 g/mol. The first-order valence-electron chi connectivity index (χ1n) is 15.0. The van der Waals surface area contributed by atoms with Crippen LogP contribution >= 0.6 is 0 Å². The quantitative estimate of drug-likeness (QED) is 0.0796. The minimum atomic E-state index is -0.0841. The number of rotatable bonds is 18. The molecule has 0 heterocycles. The van der Waals surface area contributed by atoms with E-state index in [1.54, 1.807) is 0 Å². The van der Waals surface area contributed by atoms with Crippen LogP contribution in [-0.2, 0) is 9.53 Å². The van der Waals surface area contributed by atoms with Gasteiger partial charge in [-0.25, -0.2) is 0 Å². The molecule has 0 amide bonds. The fourth-order valence-electron chi connectivity index (χ4n) is 4.85. The van der Waals surface area contributed by atoms with E-state index in [0.29, 0.717) is 13.0 Å². The third-order valence-electron chi connectivity index (χ3n) is 7.32. The minimum Gasteiger partial charge on any atom is -0.461 e. The van der Waals surface area contributed by atoms with Gasteiger partial charge in [0.25, 0.3) is 0 Å². The number of esters is 1. The second-order valence-corrected chi connectivity index (χ2v) is 11.4. The van der Waals surface area contributed by atoms with Crippen molar-refractivity contribution < 1.29 is 9.53 Å². The Morgan fingerprint density at radius 1 is 0.919 bits per heavy atom. The molecule has 208 valence electrons. The molecule has 37 heavy (non-hydrogen) atoms. The molecule has 0 spiro atoms. The molecule has 0 aromatic heterocycles. The van der Waals surface area contributed by atoms with E-state index in [1.807, 2.05) is 13.0 Å². The number of hydrogen-bond donors (Lipinski definition) is 0. The van der Waals surface area contributed by atoms with Gasteiger partial charge in [0.2, 0.25) is 0 Å². The number of unbranched alkanes of at least 4 members (excludes halogenated alkanes) is 8. The van der Waals surface area contributed by atoms with Crippen molar-refractivity contribution in [3.05, 3.63) is 70.9 Å². The van der Waals surface area contributed by atoms with Gasteiger partial charge in [-0.15, -0.1) is 0 Å². The number of ether oxygens (including phenoxy) is 1. The molecule has 0 fully saturated rings. The predicted molar refractivity (Wildman–Crippen MR) is 163 cm³/mol. The van der Waals surface area contributed by atoms with Gasteiger partial charge in [-0.1, -0.05) is 112 Å². The summed E-state index contributed by atoms with van der Waals surface area (Å²) in [6.07, 6.45) is 33.9. The zero-order valence-corrected chi connectivity index (χ0v) is 25.0. The predicted octanol–water partition coefficient (Wildman–Crippen LogP) is 10.9.